The standard InChI is InChI=1S/C22H27BrN2O2S/c1-4-24-22(27)17(3)25(13-18-9-11-20(23)12-10-18)21(26)15-28-14-19-8-6-5-7-16(19)2/h5-12,17H,4,13-15H2,1-3H3,(H,24,27)/t17-/m1/s1. The van der Waals surface area contributed by atoms with E-state index in [9.17, 15) is 9.59 Å². The number of nitrogens with zero attached hydrogens (tertiary/aromatic N) is 1. The SMILES string of the molecule is CCNC(=O)[C@@H](C)N(Cc1ccc(Br)cc1)C(=O)CSCc1ccccc1C. The number of hydrogen-bond donors (Lipinski definition) is 1. The normalized spacial score (nSPS) is 11.7. The van der Waals surface area contributed by atoms with Crippen LogP contribution in [0.25, 0.3) is 0 Å². The zero-order valence-electron chi connectivity index (χ0n) is 16.6. The smallest absolute Gasteiger partial charge is 0.242 e. The number of carbonyl (C=O) groups excluding carboxylic acids is 2. The Balaban J connectivity index is 2.05. The van der Waals surface area contributed by atoms with E-state index in [1.54, 1.807) is 23.6 Å². The van der Waals surface area contributed by atoms with Crippen LogP contribution in [0.1, 0.15) is 30.5 Å². The maximum Gasteiger partial charge on any atom is 0.242 e. The van der Waals surface area contributed by atoms with E-state index < -0.39 is 6.04 Å². The summed E-state index contributed by atoms with van der Waals surface area (Å²) < 4.78 is 0.986. The first-order chi connectivity index (χ1) is 13.4. The summed E-state index contributed by atoms with van der Waals surface area (Å²) in [7, 11) is 0. The third-order valence-electron chi connectivity index (χ3n) is 4.53. The van der Waals surface area contributed by atoms with Gasteiger partial charge in [-0.05, 0) is 49.6 Å². The van der Waals surface area contributed by atoms with Crippen molar-refractivity contribution >= 4 is 39.5 Å². The summed E-state index contributed by atoms with van der Waals surface area (Å²) in [4.78, 5) is 27.0. The molecule has 2 amide bonds. The highest BCUT2D eigenvalue weighted by atomic mass is 79.9. The fourth-order valence-electron chi connectivity index (χ4n) is 2.79. The molecule has 0 aromatic heterocycles. The van der Waals surface area contributed by atoms with Gasteiger partial charge in [-0.2, -0.15) is 0 Å². The number of halogens is 1. The number of thioether (sulfide) groups is 1. The lowest BCUT2D eigenvalue weighted by Crippen LogP contribution is -2.48. The van der Waals surface area contributed by atoms with Crippen LogP contribution in [0, 0.1) is 6.92 Å². The van der Waals surface area contributed by atoms with Crippen molar-refractivity contribution in [3.05, 3.63) is 69.7 Å². The minimum Gasteiger partial charge on any atom is -0.355 e. The van der Waals surface area contributed by atoms with Gasteiger partial charge in [0.05, 0.1) is 5.75 Å². The minimum absolute atomic E-state index is 0.0275. The van der Waals surface area contributed by atoms with Crippen molar-refractivity contribution in [1.82, 2.24) is 10.2 Å². The predicted molar refractivity (Wildman–Crippen MR) is 120 cm³/mol. The Morgan fingerprint density at radius 3 is 2.46 bits per heavy atom. The molecule has 0 saturated heterocycles. The number of carbonyl (C=O) groups is 2. The van der Waals surface area contributed by atoms with Gasteiger partial charge < -0.3 is 10.2 Å². The molecule has 0 radical (unpaired) electrons. The van der Waals surface area contributed by atoms with Crippen molar-refractivity contribution in [3.8, 4) is 0 Å². The molecule has 0 aliphatic carbocycles. The van der Waals surface area contributed by atoms with E-state index in [0.29, 0.717) is 18.8 Å². The van der Waals surface area contributed by atoms with E-state index in [-0.39, 0.29) is 11.8 Å². The van der Waals surface area contributed by atoms with Gasteiger partial charge in [-0.3, -0.25) is 9.59 Å². The molecule has 2 rings (SSSR count). The highest BCUT2D eigenvalue weighted by molar-refractivity contribution is 9.10. The van der Waals surface area contributed by atoms with Crippen LogP contribution in [-0.4, -0.2) is 35.1 Å². The molecule has 0 unspecified atom stereocenters. The fourth-order valence-corrected chi connectivity index (χ4v) is 4.04. The van der Waals surface area contributed by atoms with Gasteiger partial charge in [0.25, 0.3) is 0 Å². The number of rotatable bonds is 9. The molecule has 0 aliphatic rings. The van der Waals surface area contributed by atoms with Crippen LogP contribution in [0.2, 0.25) is 0 Å². The Morgan fingerprint density at radius 1 is 1.14 bits per heavy atom. The molecule has 150 valence electrons. The number of nitrogens with one attached hydrogen (secondary N) is 1. The van der Waals surface area contributed by atoms with E-state index in [0.717, 1.165) is 15.8 Å². The number of amides is 2. The number of likely N-dealkylation sites (N-methyl/N-ethyl adjacent to an activating group) is 1. The van der Waals surface area contributed by atoms with Crippen LogP contribution in [0.5, 0.6) is 0 Å². The molecule has 4 nitrogen and oxygen atoms in total. The highest BCUT2D eigenvalue weighted by Gasteiger charge is 2.25. The highest BCUT2D eigenvalue weighted by Crippen LogP contribution is 2.19. The largest absolute Gasteiger partial charge is 0.355 e. The van der Waals surface area contributed by atoms with E-state index in [2.05, 4.69) is 40.3 Å². The van der Waals surface area contributed by atoms with Gasteiger partial charge in [0, 0.05) is 23.3 Å². The molecule has 0 fully saturated rings. The average Bonchev–Trinajstić information content (AvgIpc) is 2.68. The Bertz CT molecular complexity index is 795. The van der Waals surface area contributed by atoms with Crippen molar-refractivity contribution in [3.63, 3.8) is 0 Å². The maximum atomic E-state index is 13.0. The second kappa shape index (κ2) is 11.3. The molecule has 1 N–H and O–H groups in total. The first-order valence-electron chi connectivity index (χ1n) is 9.36. The predicted octanol–water partition coefficient (Wildman–Crippen LogP) is 4.54. The summed E-state index contributed by atoms with van der Waals surface area (Å²) in [6.45, 7) is 6.70. The van der Waals surface area contributed by atoms with Crippen molar-refractivity contribution in [2.75, 3.05) is 12.3 Å². The van der Waals surface area contributed by atoms with Crippen molar-refractivity contribution in [2.24, 2.45) is 0 Å². The molecule has 6 heteroatoms. The summed E-state index contributed by atoms with van der Waals surface area (Å²) >= 11 is 5.01. The zero-order valence-corrected chi connectivity index (χ0v) is 19.0. The van der Waals surface area contributed by atoms with Crippen LogP contribution < -0.4 is 5.32 Å². The molecule has 0 bridgehead atoms. The van der Waals surface area contributed by atoms with Crippen molar-refractivity contribution in [2.45, 2.75) is 39.1 Å². The van der Waals surface area contributed by atoms with Crippen LogP contribution in [0.15, 0.2) is 53.0 Å². The van der Waals surface area contributed by atoms with Crippen LogP contribution in [0.4, 0.5) is 0 Å². The van der Waals surface area contributed by atoms with E-state index in [4.69, 9.17) is 0 Å². The van der Waals surface area contributed by atoms with Gasteiger partial charge in [0.15, 0.2) is 0 Å². The Kier molecular flexibility index (Phi) is 9.06. The molecule has 0 heterocycles. The van der Waals surface area contributed by atoms with Gasteiger partial charge in [-0.1, -0.05) is 52.3 Å². The zero-order chi connectivity index (χ0) is 20.5. The first kappa shape index (κ1) is 22.5. The third-order valence-corrected chi connectivity index (χ3v) is 6.02. The van der Waals surface area contributed by atoms with E-state index >= 15 is 0 Å². The number of aryl methyl sites for hydroxylation is 1. The van der Waals surface area contributed by atoms with Gasteiger partial charge in [0.1, 0.15) is 6.04 Å². The van der Waals surface area contributed by atoms with Crippen LogP contribution in [0.3, 0.4) is 0 Å². The second-order valence-electron chi connectivity index (χ2n) is 6.64. The summed E-state index contributed by atoms with van der Waals surface area (Å²) in [5.41, 5.74) is 3.46. The molecule has 0 aliphatic heterocycles. The molecular weight excluding hydrogens is 436 g/mol. The van der Waals surface area contributed by atoms with Gasteiger partial charge in [0.2, 0.25) is 11.8 Å². The van der Waals surface area contributed by atoms with Crippen LogP contribution >= 0.6 is 27.7 Å². The van der Waals surface area contributed by atoms with Gasteiger partial charge in [-0.25, -0.2) is 0 Å². The molecule has 1 atom stereocenters. The summed E-state index contributed by atoms with van der Waals surface area (Å²) in [5.74, 6) is 0.964. The average molecular weight is 463 g/mol. The lowest BCUT2D eigenvalue weighted by Gasteiger charge is -2.28. The molecule has 0 spiro atoms. The number of hydrogen-bond acceptors (Lipinski definition) is 3. The number of benzene rings is 2. The Morgan fingerprint density at radius 2 is 1.82 bits per heavy atom. The summed E-state index contributed by atoms with van der Waals surface area (Å²) in [6.07, 6.45) is 0. The monoisotopic (exact) mass is 462 g/mol. The van der Waals surface area contributed by atoms with E-state index in [1.165, 1.54) is 11.1 Å². The van der Waals surface area contributed by atoms with Gasteiger partial charge >= 0.3 is 0 Å². The Hall–Kier alpha value is -1.79. The molecule has 28 heavy (non-hydrogen) atoms. The topological polar surface area (TPSA) is 49.4 Å². The minimum atomic E-state index is -0.518. The maximum absolute atomic E-state index is 13.0. The fraction of sp³-hybridized carbons (Fsp3) is 0.364. The second-order valence-corrected chi connectivity index (χ2v) is 8.54. The van der Waals surface area contributed by atoms with E-state index in [1.807, 2.05) is 43.3 Å². The molecule has 0 saturated carbocycles. The molecule has 2 aromatic carbocycles. The van der Waals surface area contributed by atoms with Crippen molar-refractivity contribution < 1.29 is 9.59 Å². The lowest BCUT2D eigenvalue weighted by molar-refractivity contribution is -0.138. The summed E-state index contributed by atoms with van der Waals surface area (Å²) in [6, 6.07) is 15.5. The first-order valence-corrected chi connectivity index (χ1v) is 11.3. The quantitative estimate of drug-likeness (QED) is 0.594. The Labute approximate surface area is 180 Å². The summed E-state index contributed by atoms with van der Waals surface area (Å²) in [5, 5.41) is 2.82. The molecule has 2 aromatic rings. The van der Waals surface area contributed by atoms with Gasteiger partial charge in [-0.15, -0.1) is 11.8 Å². The third kappa shape index (κ3) is 6.67. The lowest BCUT2D eigenvalue weighted by atomic mass is 10.1. The van der Waals surface area contributed by atoms with Crippen molar-refractivity contribution in [1.29, 1.82) is 0 Å². The molecular formula is C22H27BrN2O2S. The van der Waals surface area contributed by atoms with Crippen LogP contribution in [-0.2, 0) is 21.9 Å².